The molecular weight excluding hydrogens is 208 g/mol. The lowest BCUT2D eigenvalue weighted by Gasteiger charge is -2.25. The normalized spacial score (nSPS) is 20.1. The first kappa shape index (κ1) is 11.4. The zero-order valence-electron chi connectivity index (χ0n) is 9.31. The smallest absolute Gasteiger partial charge is 0.136 e. The Morgan fingerprint density at radius 2 is 1.69 bits per heavy atom. The second-order valence-corrected chi connectivity index (χ2v) is 3.87. The van der Waals surface area contributed by atoms with Crippen molar-refractivity contribution < 1.29 is 19.3 Å². The fourth-order valence-corrected chi connectivity index (χ4v) is 1.71. The molecule has 1 N–H and O–H groups in total. The van der Waals surface area contributed by atoms with E-state index in [4.69, 9.17) is 14.2 Å². The van der Waals surface area contributed by atoms with Crippen molar-refractivity contribution in [2.24, 2.45) is 0 Å². The van der Waals surface area contributed by atoms with E-state index in [-0.39, 0.29) is 13.2 Å². The summed E-state index contributed by atoms with van der Waals surface area (Å²) in [5.74, 6) is 0.766. The molecule has 0 aliphatic carbocycles. The molecule has 1 saturated heterocycles. The summed E-state index contributed by atoms with van der Waals surface area (Å²) < 4.78 is 15.7. The van der Waals surface area contributed by atoms with Crippen molar-refractivity contribution in [3.05, 3.63) is 29.8 Å². The molecule has 0 aromatic heterocycles. The van der Waals surface area contributed by atoms with E-state index >= 15 is 0 Å². The fraction of sp³-hybridized carbons (Fsp3) is 0.500. The van der Waals surface area contributed by atoms with E-state index in [0.717, 1.165) is 11.3 Å². The number of aliphatic hydroxyl groups is 1. The quantitative estimate of drug-likeness (QED) is 0.811. The summed E-state index contributed by atoms with van der Waals surface area (Å²) in [5.41, 5.74) is -0.266. The monoisotopic (exact) mass is 224 g/mol. The Labute approximate surface area is 94.8 Å². The first-order chi connectivity index (χ1) is 7.74. The van der Waals surface area contributed by atoms with Crippen LogP contribution in [0.1, 0.15) is 5.56 Å². The van der Waals surface area contributed by atoms with Crippen LogP contribution in [-0.2, 0) is 15.1 Å². The van der Waals surface area contributed by atoms with Gasteiger partial charge in [-0.1, -0.05) is 12.1 Å². The Hall–Kier alpha value is -1.10. The van der Waals surface area contributed by atoms with Gasteiger partial charge in [-0.2, -0.15) is 0 Å². The van der Waals surface area contributed by atoms with E-state index in [9.17, 15) is 5.11 Å². The van der Waals surface area contributed by atoms with Crippen molar-refractivity contribution in [2.75, 3.05) is 33.5 Å². The summed E-state index contributed by atoms with van der Waals surface area (Å²) in [6.45, 7) is 1.58. The van der Waals surface area contributed by atoms with Crippen LogP contribution in [0, 0.1) is 0 Å². The van der Waals surface area contributed by atoms with Crippen LogP contribution in [0.2, 0.25) is 0 Å². The largest absolute Gasteiger partial charge is 0.497 e. The minimum atomic E-state index is -1.05. The molecule has 0 bridgehead atoms. The lowest BCUT2D eigenvalue weighted by molar-refractivity contribution is -0.0599. The highest BCUT2D eigenvalue weighted by molar-refractivity contribution is 5.31. The lowest BCUT2D eigenvalue weighted by atomic mass is 9.95. The van der Waals surface area contributed by atoms with Crippen LogP contribution < -0.4 is 4.74 Å². The van der Waals surface area contributed by atoms with Crippen molar-refractivity contribution in [1.29, 1.82) is 0 Å². The van der Waals surface area contributed by atoms with Crippen molar-refractivity contribution in [2.45, 2.75) is 5.60 Å². The predicted octanol–water partition coefficient (Wildman–Crippen LogP) is 0.930. The highest BCUT2D eigenvalue weighted by Crippen LogP contribution is 2.25. The number of methoxy groups -OCH3 is 1. The fourth-order valence-electron chi connectivity index (χ4n) is 1.71. The maximum Gasteiger partial charge on any atom is 0.136 e. The summed E-state index contributed by atoms with van der Waals surface area (Å²) in [6.07, 6.45) is 0. The summed E-state index contributed by atoms with van der Waals surface area (Å²) in [6, 6.07) is 7.30. The first-order valence-electron chi connectivity index (χ1n) is 5.27. The van der Waals surface area contributed by atoms with E-state index in [1.165, 1.54) is 0 Å². The van der Waals surface area contributed by atoms with Gasteiger partial charge in [0.15, 0.2) is 0 Å². The molecule has 1 heterocycles. The molecule has 0 atom stereocenters. The average Bonchev–Trinajstić information content (AvgIpc) is 2.55. The van der Waals surface area contributed by atoms with E-state index < -0.39 is 5.60 Å². The molecule has 88 valence electrons. The van der Waals surface area contributed by atoms with Crippen molar-refractivity contribution in [3.8, 4) is 5.75 Å². The first-order valence-corrected chi connectivity index (χ1v) is 5.27. The van der Waals surface area contributed by atoms with Crippen LogP contribution in [0.4, 0.5) is 0 Å². The van der Waals surface area contributed by atoms with Gasteiger partial charge in [-0.3, -0.25) is 0 Å². The Balaban J connectivity index is 2.19. The Kier molecular flexibility index (Phi) is 3.43. The van der Waals surface area contributed by atoms with E-state index in [1.54, 1.807) is 7.11 Å². The molecule has 1 aliphatic heterocycles. The van der Waals surface area contributed by atoms with Crippen LogP contribution >= 0.6 is 0 Å². The molecular formula is C12H16O4. The molecule has 16 heavy (non-hydrogen) atoms. The maximum absolute atomic E-state index is 10.4. The predicted molar refractivity (Wildman–Crippen MR) is 58.5 cm³/mol. The Morgan fingerprint density at radius 1 is 1.12 bits per heavy atom. The number of rotatable bonds is 2. The standard InChI is InChI=1S/C12H16O4/c1-14-11-4-2-10(3-5-11)12(13)8-15-6-7-16-9-12/h2-5,13H,6-9H2,1H3. The third kappa shape index (κ3) is 2.35. The van der Waals surface area contributed by atoms with E-state index in [0.29, 0.717) is 13.2 Å². The second-order valence-electron chi connectivity index (χ2n) is 3.87. The van der Waals surface area contributed by atoms with Crippen LogP contribution in [-0.4, -0.2) is 38.6 Å². The van der Waals surface area contributed by atoms with Gasteiger partial charge in [-0.05, 0) is 17.7 Å². The highest BCUT2D eigenvalue weighted by atomic mass is 16.6. The molecule has 4 heteroatoms. The third-order valence-corrected chi connectivity index (χ3v) is 2.68. The molecule has 0 amide bonds. The molecule has 0 saturated carbocycles. The SMILES string of the molecule is COc1ccc(C2(O)COCCOC2)cc1. The van der Waals surface area contributed by atoms with Gasteiger partial charge in [-0.15, -0.1) is 0 Å². The van der Waals surface area contributed by atoms with Gasteiger partial charge in [0, 0.05) is 0 Å². The molecule has 1 aromatic rings. The minimum Gasteiger partial charge on any atom is -0.497 e. The third-order valence-electron chi connectivity index (χ3n) is 2.68. The van der Waals surface area contributed by atoms with Crippen molar-refractivity contribution >= 4 is 0 Å². The summed E-state index contributed by atoms with van der Waals surface area (Å²) in [4.78, 5) is 0. The average molecular weight is 224 g/mol. The van der Waals surface area contributed by atoms with Crippen LogP contribution in [0.25, 0.3) is 0 Å². The van der Waals surface area contributed by atoms with Crippen molar-refractivity contribution in [1.82, 2.24) is 0 Å². The zero-order chi connectivity index (χ0) is 11.4. The molecule has 0 unspecified atom stereocenters. The van der Waals surface area contributed by atoms with Crippen LogP contribution in [0.5, 0.6) is 5.75 Å². The lowest BCUT2D eigenvalue weighted by Crippen LogP contribution is -2.34. The zero-order valence-corrected chi connectivity index (χ0v) is 9.31. The van der Waals surface area contributed by atoms with Gasteiger partial charge in [0.1, 0.15) is 11.4 Å². The molecule has 1 aliphatic rings. The van der Waals surface area contributed by atoms with Gasteiger partial charge < -0.3 is 19.3 Å². The minimum absolute atomic E-state index is 0.263. The van der Waals surface area contributed by atoms with Crippen LogP contribution in [0.15, 0.2) is 24.3 Å². The maximum atomic E-state index is 10.4. The Bertz CT molecular complexity index is 325. The molecule has 2 rings (SSSR count). The van der Waals surface area contributed by atoms with Crippen LogP contribution in [0.3, 0.4) is 0 Å². The summed E-state index contributed by atoms with van der Waals surface area (Å²) in [7, 11) is 1.61. The molecule has 0 radical (unpaired) electrons. The van der Waals surface area contributed by atoms with Gasteiger partial charge >= 0.3 is 0 Å². The van der Waals surface area contributed by atoms with Gasteiger partial charge in [-0.25, -0.2) is 0 Å². The number of ether oxygens (including phenoxy) is 3. The molecule has 4 nitrogen and oxygen atoms in total. The number of hydrogen-bond acceptors (Lipinski definition) is 4. The number of benzene rings is 1. The van der Waals surface area contributed by atoms with Crippen molar-refractivity contribution in [3.63, 3.8) is 0 Å². The van der Waals surface area contributed by atoms with E-state index in [2.05, 4.69) is 0 Å². The summed E-state index contributed by atoms with van der Waals surface area (Å²) >= 11 is 0. The molecule has 0 spiro atoms. The van der Waals surface area contributed by atoms with E-state index in [1.807, 2.05) is 24.3 Å². The topological polar surface area (TPSA) is 47.9 Å². The molecule has 1 aromatic carbocycles. The number of hydrogen-bond donors (Lipinski definition) is 1. The van der Waals surface area contributed by atoms with Gasteiger partial charge in [0.05, 0.1) is 33.5 Å². The second kappa shape index (κ2) is 4.82. The van der Waals surface area contributed by atoms with Gasteiger partial charge in [0.2, 0.25) is 0 Å². The summed E-state index contributed by atoms with van der Waals surface area (Å²) in [5, 5.41) is 10.4. The molecule has 1 fully saturated rings. The Morgan fingerprint density at radius 3 is 2.19 bits per heavy atom. The highest BCUT2D eigenvalue weighted by Gasteiger charge is 2.31. The van der Waals surface area contributed by atoms with Gasteiger partial charge in [0.25, 0.3) is 0 Å².